The summed E-state index contributed by atoms with van der Waals surface area (Å²) in [5, 5.41) is 6.03. The third kappa shape index (κ3) is 3.98. The van der Waals surface area contributed by atoms with Crippen molar-refractivity contribution in [2.45, 2.75) is 39.7 Å². The second-order valence-corrected chi connectivity index (χ2v) is 4.82. The van der Waals surface area contributed by atoms with Gasteiger partial charge in [0.2, 0.25) is 11.8 Å². The molecule has 1 unspecified atom stereocenters. The first-order chi connectivity index (χ1) is 8.60. The molecule has 0 spiro atoms. The summed E-state index contributed by atoms with van der Waals surface area (Å²) in [6.07, 6.45) is 1.63. The molecule has 0 radical (unpaired) electrons. The normalized spacial score (nSPS) is 17.7. The summed E-state index contributed by atoms with van der Waals surface area (Å²) in [6, 6.07) is -0.420. The molecule has 2 amide bonds. The number of piperazine rings is 1. The van der Waals surface area contributed by atoms with Crippen molar-refractivity contribution in [3.8, 4) is 0 Å². The Labute approximate surface area is 109 Å². The molecule has 18 heavy (non-hydrogen) atoms. The van der Waals surface area contributed by atoms with Crippen LogP contribution in [-0.4, -0.2) is 48.9 Å². The van der Waals surface area contributed by atoms with E-state index in [9.17, 15) is 9.59 Å². The summed E-state index contributed by atoms with van der Waals surface area (Å²) >= 11 is 0. The molecule has 0 bridgehead atoms. The van der Waals surface area contributed by atoms with Crippen molar-refractivity contribution in [2.75, 3.05) is 26.2 Å². The molecule has 5 heteroatoms. The molecular weight excluding hydrogens is 230 g/mol. The van der Waals surface area contributed by atoms with Gasteiger partial charge in [-0.3, -0.25) is 9.59 Å². The Morgan fingerprint density at radius 1 is 1.22 bits per heavy atom. The molecule has 5 nitrogen and oxygen atoms in total. The van der Waals surface area contributed by atoms with Gasteiger partial charge in [0.25, 0.3) is 0 Å². The van der Waals surface area contributed by atoms with Crippen molar-refractivity contribution in [3.63, 3.8) is 0 Å². The van der Waals surface area contributed by atoms with Gasteiger partial charge in [-0.1, -0.05) is 13.8 Å². The maximum atomic E-state index is 12.1. The number of hydrogen-bond acceptors (Lipinski definition) is 3. The van der Waals surface area contributed by atoms with Crippen LogP contribution in [0.15, 0.2) is 0 Å². The van der Waals surface area contributed by atoms with Crippen molar-refractivity contribution >= 4 is 11.8 Å². The van der Waals surface area contributed by atoms with Gasteiger partial charge in [-0.15, -0.1) is 0 Å². The number of carbonyl (C=O) groups excluding carboxylic acids is 2. The van der Waals surface area contributed by atoms with Crippen LogP contribution in [0, 0.1) is 5.92 Å². The number of nitrogens with zero attached hydrogens (tertiary/aromatic N) is 1. The highest BCUT2D eigenvalue weighted by molar-refractivity contribution is 5.88. The first-order valence-corrected chi connectivity index (χ1v) is 6.90. The summed E-state index contributed by atoms with van der Waals surface area (Å²) in [4.78, 5) is 25.8. The minimum absolute atomic E-state index is 0.00372. The summed E-state index contributed by atoms with van der Waals surface area (Å²) in [6.45, 7) is 8.88. The zero-order valence-electron chi connectivity index (χ0n) is 11.7. The molecule has 1 aliphatic heterocycles. The Morgan fingerprint density at radius 2 is 1.78 bits per heavy atom. The SMILES string of the molecule is CCC(CC)C(=O)NC(C)C(=O)N1CCNCC1. The summed E-state index contributed by atoms with van der Waals surface area (Å²) in [5.41, 5.74) is 0. The summed E-state index contributed by atoms with van der Waals surface area (Å²) in [5.74, 6) is 0.0371. The molecule has 1 aliphatic rings. The van der Waals surface area contributed by atoms with E-state index in [2.05, 4.69) is 10.6 Å². The standard InChI is InChI=1S/C13H25N3O2/c1-4-11(5-2)12(17)15-10(3)13(18)16-8-6-14-7-9-16/h10-11,14H,4-9H2,1-3H3,(H,15,17). The second-order valence-electron chi connectivity index (χ2n) is 4.82. The average Bonchev–Trinajstić information content (AvgIpc) is 2.40. The van der Waals surface area contributed by atoms with Crippen LogP contribution in [0.3, 0.4) is 0 Å². The van der Waals surface area contributed by atoms with E-state index in [1.807, 2.05) is 18.7 Å². The first kappa shape index (κ1) is 15.0. The van der Waals surface area contributed by atoms with Crippen LogP contribution in [0.2, 0.25) is 0 Å². The lowest BCUT2D eigenvalue weighted by Gasteiger charge is -2.30. The van der Waals surface area contributed by atoms with Crippen LogP contribution in [0.1, 0.15) is 33.6 Å². The van der Waals surface area contributed by atoms with E-state index in [4.69, 9.17) is 0 Å². The number of hydrogen-bond donors (Lipinski definition) is 2. The molecule has 0 saturated carbocycles. The van der Waals surface area contributed by atoms with Gasteiger partial charge in [-0.05, 0) is 19.8 Å². The maximum Gasteiger partial charge on any atom is 0.244 e. The second kappa shape index (κ2) is 7.36. The molecule has 1 saturated heterocycles. The Hall–Kier alpha value is -1.10. The van der Waals surface area contributed by atoms with Crippen LogP contribution in [-0.2, 0) is 9.59 Å². The van der Waals surface area contributed by atoms with Crippen molar-refractivity contribution in [1.82, 2.24) is 15.5 Å². The molecule has 0 aromatic rings. The Bertz CT molecular complexity index is 284. The smallest absolute Gasteiger partial charge is 0.244 e. The molecule has 0 aliphatic carbocycles. The highest BCUT2D eigenvalue weighted by Crippen LogP contribution is 2.08. The van der Waals surface area contributed by atoms with Crippen LogP contribution >= 0.6 is 0 Å². The van der Waals surface area contributed by atoms with Gasteiger partial charge < -0.3 is 15.5 Å². The van der Waals surface area contributed by atoms with E-state index in [1.165, 1.54) is 0 Å². The molecule has 104 valence electrons. The first-order valence-electron chi connectivity index (χ1n) is 6.90. The molecule has 1 fully saturated rings. The van der Waals surface area contributed by atoms with Gasteiger partial charge in [0.1, 0.15) is 6.04 Å². The fourth-order valence-electron chi connectivity index (χ4n) is 2.21. The van der Waals surface area contributed by atoms with Crippen LogP contribution in [0.5, 0.6) is 0 Å². The third-order valence-corrected chi connectivity index (χ3v) is 3.51. The maximum absolute atomic E-state index is 12.1. The van der Waals surface area contributed by atoms with E-state index in [0.29, 0.717) is 0 Å². The number of rotatable bonds is 5. The Kier molecular flexibility index (Phi) is 6.12. The molecule has 2 N–H and O–H groups in total. The highest BCUT2D eigenvalue weighted by atomic mass is 16.2. The summed E-state index contributed by atoms with van der Waals surface area (Å²) < 4.78 is 0. The fraction of sp³-hybridized carbons (Fsp3) is 0.846. The molecule has 1 rings (SSSR count). The van der Waals surface area contributed by atoms with Gasteiger partial charge in [-0.25, -0.2) is 0 Å². The zero-order chi connectivity index (χ0) is 13.5. The predicted octanol–water partition coefficient (Wildman–Crippen LogP) is 0.359. The topological polar surface area (TPSA) is 61.4 Å². The van der Waals surface area contributed by atoms with Gasteiger partial charge in [0.15, 0.2) is 0 Å². The lowest BCUT2D eigenvalue weighted by molar-refractivity contribution is -0.137. The quantitative estimate of drug-likeness (QED) is 0.745. The fourth-order valence-corrected chi connectivity index (χ4v) is 2.21. The molecule has 1 heterocycles. The molecule has 1 atom stereocenters. The lowest BCUT2D eigenvalue weighted by atomic mass is 10.0. The van der Waals surface area contributed by atoms with Gasteiger partial charge in [-0.2, -0.15) is 0 Å². The summed E-state index contributed by atoms with van der Waals surface area (Å²) in [7, 11) is 0. The lowest BCUT2D eigenvalue weighted by Crippen LogP contribution is -2.53. The average molecular weight is 255 g/mol. The van der Waals surface area contributed by atoms with E-state index in [1.54, 1.807) is 6.92 Å². The molecule has 0 aromatic heterocycles. The third-order valence-electron chi connectivity index (χ3n) is 3.51. The predicted molar refractivity (Wildman–Crippen MR) is 71.1 cm³/mol. The zero-order valence-corrected chi connectivity index (χ0v) is 11.7. The number of amides is 2. The van der Waals surface area contributed by atoms with Crippen LogP contribution in [0.4, 0.5) is 0 Å². The van der Waals surface area contributed by atoms with Gasteiger partial charge in [0, 0.05) is 32.1 Å². The monoisotopic (exact) mass is 255 g/mol. The Morgan fingerprint density at radius 3 is 2.28 bits per heavy atom. The Balaban J connectivity index is 2.45. The van der Waals surface area contributed by atoms with Crippen molar-refractivity contribution in [1.29, 1.82) is 0 Å². The van der Waals surface area contributed by atoms with E-state index >= 15 is 0 Å². The van der Waals surface area contributed by atoms with E-state index in [-0.39, 0.29) is 17.7 Å². The van der Waals surface area contributed by atoms with Gasteiger partial charge in [0.05, 0.1) is 0 Å². The van der Waals surface area contributed by atoms with Crippen molar-refractivity contribution < 1.29 is 9.59 Å². The van der Waals surface area contributed by atoms with Crippen LogP contribution < -0.4 is 10.6 Å². The van der Waals surface area contributed by atoms with Crippen molar-refractivity contribution in [3.05, 3.63) is 0 Å². The molecular formula is C13H25N3O2. The van der Waals surface area contributed by atoms with Crippen molar-refractivity contribution in [2.24, 2.45) is 5.92 Å². The number of nitrogens with one attached hydrogen (secondary N) is 2. The van der Waals surface area contributed by atoms with E-state index < -0.39 is 6.04 Å². The minimum Gasteiger partial charge on any atom is -0.344 e. The van der Waals surface area contributed by atoms with Crippen LogP contribution in [0.25, 0.3) is 0 Å². The molecule has 0 aromatic carbocycles. The largest absolute Gasteiger partial charge is 0.344 e. The van der Waals surface area contributed by atoms with Gasteiger partial charge >= 0.3 is 0 Å². The minimum atomic E-state index is -0.420. The van der Waals surface area contributed by atoms with E-state index in [0.717, 1.165) is 39.0 Å². The number of carbonyl (C=O) groups is 2. The highest BCUT2D eigenvalue weighted by Gasteiger charge is 2.25.